The Labute approximate surface area is 420 Å². The molecule has 0 aliphatic carbocycles. The van der Waals surface area contributed by atoms with Gasteiger partial charge in [0, 0.05) is 6.42 Å². The predicted octanol–water partition coefficient (Wildman–Crippen LogP) is 7.77. The van der Waals surface area contributed by atoms with Gasteiger partial charge in [-0.2, -0.15) is 0 Å². The number of aliphatic hydroxyl groups excluding tert-OH is 8. The molecular weight excluding hydrogens is 895 g/mol. The molecule has 2 aliphatic rings. The van der Waals surface area contributed by atoms with E-state index in [1.165, 1.54) is 32.1 Å². The Balaban J connectivity index is 1.73. The van der Waals surface area contributed by atoms with Crippen LogP contribution < -0.4 is 5.32 Å². The van der Waals surface area contributed by atoms with E-state index in [1.54, 1.807) is 0 Å². The molecule has 14 heteroatoms. The van der Waals surface area contributed by atoms with Crippen LogP contribution in [0.25, 0.3) is 0 Å². The van der Waals surface area contributed by atoms with Gasteiger partial charge in [-0.25, -0.2) is 0 Å². The fraction of sp³-hybridized carbons (Fsp3) is 0.732. The molecule has 0 bridgehead atoms. The summed E-state index contributed by atoms with van der Waals surface area (Å²) in [4.78, 5) is 13.2. The maximum atomic E-state index is 13.2. The molecule has 12 atom stereocenters. The van der Waals surface area contributed by atoms with E-state index in [9.17, 15) is 45.6 Å². The zero-order valence-electron chi connectivity index (χ0n) is 42.7. The molecule has 2 saturated heterocycles. The molecule has 2 aliphatic heterocycles. The highest BCUT2D eigenvalue weighted by molar-refractivity contribution is 5.76. The van der Waals surface area contributed by atoms with E-state index in [-0.39, 0.29) is 18.9 Å². The number of unbranched alkanes of at least 4 members (excludes halogenated alkanes) is 13. The first-order chi connectivity index (χ1) is 34.1. The lowest BCUT2D eigenvalue weighted by molar-refractivity contribution is -0.359. The molecule has 0 aromatic heterocycles. The maximum Gasteiger partial charge on any atom is 0.220 e. The molecule has 0 saturated carbocycles. The van der Waals surface area contributed by atoms with Crippen LogP contribution in [0.4, 0.5) is 0 Å². The molecular formula is C56H95NO13. The lowest BCUT2D eigenvalue weighted by atomic mass is 9.97. The minimum Gasteiger partial charge on any atom is -0.394 e. The van der Waals surface area contributed by atoms with Crippen molar-refractivity contribution in [1.82, 2.24) is 5.32 Å². The Bertz CT molecular complexity index is 1500. The summed E-state index contributed by atoms with van der Waals surface area (Å²) in [6, 6.07) is -0.843. The molecule has 0 aromatic carbocycles. The van der Waals surface area contributed by atoms with Crippen molar-refractivity contribution >= 4 is 5.91 Å². The van der Waals surface area contributed by atoms with Crippen molar-refractivity contribution in [2.75, 3.05) is 19.8 Å². The van der Waals surface area contributed by atoms with E-state index in [4.69, 9.17) is 18.9 Å². The van der Waals surface area contributed by atoms with Gasteiger partial charge in [0.25, 0.3) is 0 Å². The summed E-state index contributed by atoms with van der Waals surface area (Å²) < 4.78 is 22.7. The van der Waals surface area contributed by atoms with Crippen molar-refractivity contribution < 1.29 is 64.6 Å². The van der Waals surface area contributed by atoms with Gasteiger partial charge in [-0.1, -0.05) is 176 Å². The number of allylic oxidation sites excluding steroid dienone is 14. The second-order valence-corrected chi connectivity index (χ2v) is 18.6. The van der Waals surface area contributed by atoms with Crippen LogP contribution in [0.1, 0.15) is 168 Å². The average Bonchev–Trinajstić information content (AvgIpc) is 3.36. The number of aliphatic hydroxyl groups is 8. The summed E-state index contributed by atoms with van der Waals surface area (Å²) in [5.74, 6) is -0.233. The number of hydrogen-bond donors (Lipinski definition) is 9. The number of carbonyl (C=O) groups excluding carboxylic acids is 1. The monoisotopic (exact) mass is 990 g/mol. The topological polar surface area (TPSA) is 228 Å². The third-order valence-electron chi connectivity index (χ3n) is 12.6. The molecule has 2 rings (SSSR count). The number of amides is 1. The van der Waals surface area contributed by atoms with Crippen LogP contribution in [0.5, 0.6) is 0 Å². The highest BCUT2D eigenvalue weighted by atomic mass is 16.7. The molecule has 1 amide bonds. The van der Waals surface area contributed by atoms with Crippen molar-refractivity contribution in [2.24, 2.45) is 0 Å². The third-order valence-corrected chi connectivity index (χ3v) is 12.6. The molecule has 402 valence electrons. The van der Waals surface area contributed by atoms with Crippen LogP contribution >= 0.6 is 0 Å². The van der Waals surface area contributed by atoms with Crippen LogP contribution in [-0.2, 0) is 23.7 Å². The Morgan fingerprint density at radius 3 is 1.51 bits per heavy atom. The van der Waals surface area contributed by atoms with Crippen molar-refractivity contribution in [2.45, 2.75) is 242 Å². The molecule has 12 unspecified atom stereocenters. The van der Waals surface area contributed by atoms with Gasteiger partial charge in [0.2, 0.25) is 5.91 Å². The Morgan fingerprint density at radius 1 is 0.529 bits per heavy atom. The van der Waals surface area contributed by atoms with E-state index < -0.39 is 86.8 Å². The molecule has 0 aromatic rings. The summed E-state index contributed by atoms with van der Waals surface area (Å²) in [5.41, 5.74) is 0. The minimum absolute atomic E-state index is 0.233. The van der Waals surface area contributed by atoms with Gasteiger partial charge < -0.3 is 65.1 Å². The van der Waals surface area contributed by atoms with E-state index in [0.717, 1.165) is 103 Å². The van der Waals surface area contributed by atoms with Crippen molar-refractivity contribution in [3.05, 3.63) is 85.1 Å². The van der Waals surface area contributed by atoms with E-state index in [1.807, 2.05) is 0 Å². The summed E-state index contributed by atoms with van der Waals surface area (Å²) in [6.45, 7) is 2.67. The standard InChI is InChI=1S/C56H95NO13/c1-3-5-7-9-11-13-14-15-16-17-18-19-20-21-22-23-24-25-26-27-28-29-30-32-34-36-38-40-48(61)57-44(45(60)39-37-35-33-31-12-10-8-6-4-2)43-67-55-53(66)51(64)54(47(42-59)69-55)70-56-52(65)50(63)49(62)46(41-58)68-56/h5,7,11,13,15-16,18-19,21-22,24-25,27-28,44-47,49-56,58-60,62-66H,3-4,6,8-10,12,14,17,20,23,26,29-43H2,1-2H3,(H,57,61)/b7-5-,13-11-,16-15-,19-18-,22-21-,25-24-,28-27-. The van der Waals surface area contributed by atoms with Gasteiger partial charge in [-0.3, -0.25) is 4.79 Å². The Morgan fingerprint density at radius 2 is 0.986 bits per heavy atom. The summed E-state index contributed by atoms with van der Waals surface area (Å²) >= 11 is 0. The van der Waals surface area contributed by atoms with Crippen LogP contribution in [0.2, 0.25) is 0 Å². The zero-order valence-corrected chi connectivity index (χ0v) is 42.7. The van der Waals surface area contributed by atoms with E-state index in [2.05, 4.69) is 104 Å². The van der Waals surface area contributed by atoms with Gasteiger partial charge in [0.05, 0.1) is 32.0 Å². The SMILES string of the molecule is CC/C=C\C/C=C\C/C=C\C/C=C\C/C=C\C/C=C\C/C=C\CCCCCCCC(=O)NC(COC1OC(CO)C(OC2OC(CO)C(O)C(O)C2O)C(O)C1O)C(O)CCCCCCCCCCC. The van der Waals surface area contributed by atoms with Crippen LogP contribution in [0.3, 0.4) is 0 Å². The third kappa shape index (κ3) is 27.8. The van der Waals surface area contributed by atoms with Crippen LogP contribution in [-0.4, -0.2) is 140 Å². The van der Waals surface area contributed by atoms with Gasteiger partial charge in [-0.05, 0) is 70.6 Å². The van der Waals surface area contributed by atoms with Crippen molar-refractivity contribution in [1.29, 1.82) is 0 Å². The first-order valence-electron chi connectivity index (χ1n) is 26.8. The average molecular weight is 990 g/mol. The number of rotatable bonds is 40. The van der Waals surface area contributed by atoms with Crippen LogP contribution in [0.15, 0.2) is 85.1 Å². The normalized spacial score (nSPS) is 26.7. The Kier molecular flexibility index (Phi) is 37.6. The maximum absolute atomic E-state index is 13.2. The van der Waals surface area contributed by atoms with Crippen LogP contribution in [0, 0.1) is 0 Å². The number of nitrogens with one attached hydrogen (secondary N) is 1. The van der Waals surface area contributed by atoms with Crippen molar-refractivity contribution in [3.8, 4) is 0 Å². The van der Waals surface area contributed by atoms with Gasteiger partial charge in [0.15, 0.2) is 12.6 Å². The summed E-state index contributed by atoms with van der Waals surface area (Å²) in [7, 11) is 0. The largest absolute Gasteiger partial charge is 0.394 e. The molecule has 14 nitrogen and oxygen atoms in total. The molecule has 0 spiro atoms. The molecule has 9 N–H and O–H groups in total. The van der Waals surface area contributed by atoms with E-state index in [0.29, 0.717) is 12.8 Å². The first-order valence-corrected chi connectivity index (χ1v) is 26.8. The fourth-order valence-corrected chi connectivity index (χ4v) is 8.27. The van der Waals surface area contributed by atoms with Gasteiger partial charge in [-0.15, -0.1) is 0 Å². The zero-order chi connectivity index (χ0) is 51.0. The smallest absolute Gasteiger partial charge is 0.220 e. The minimum atomic E-state index is -1.79. The number of ether oxygens (including phenoxy) is 4. The van der Waals surface area contributed by atoms with E-state index >= 15 is 0 Å². The molecule has 2 heterocycles. The predicted molar refractivity (Wildman–Crippen MR) is 276 cm³/mol. The number of hydrogen-bond acceptors (Lipinski definition) is 13. The van der Waals surface area contributed by atoms with Gasteiger partial charge in [0.1, 0.15) is 48.8 Å². The second-order valence-electron chi connectivity index (χ2n) is 18.6. The lowest BCUT2D eigenvalue weighted by Crippen LogP contribution is -2.65. The molecule has 70 heavy (non-hydrogen) atoms. The first kappa shape index (κ1) is 63.3. The lowest BCUT2D eigenvalue weighted by Gasteiger charge is -2.46. The molecule has 0 radical (unpaired) electrons. The second kappa shape index (κ2) is 41.6. The quantitative estimate of drug-likeness (QED) is 0.0212. The summed E-state index contributed by atoms with van der Waals surface area (Å²) in [6.07, 6.45) is 37.4. The Hall–Kier alpha value is -2.83. The van der Waals surface area contributed by atoms with Gasteiger partial charge >= 0.3 is 0 Å². The highest BCUT2D eigenvalue weighted by Crippen LogP contribution is 2.30. The number of carbonyl (C=O) groups is 1. The fourth-order valence-electron chi connectivity index (χ4n) is 8.27. The highest BCUT2D eigenvalue weighted by Gasteiger charge is 2.51. The summed E-state index contributed by atoms with van der Waals surface area (Å²) in [5, 5.41) is 86.8. The van der Waals surface area contributed by atoms with Crippen molar-refractivity contribution in [3.63, 3.8) is 0 Å². The molecule has 2 fully saturated rings.